The van der Waals surface area contributed by atoms with E-state index in [1.807, 2.05) is 30.3 Å². The molecular formula is C15H17ClN2O. The van der Waals surface area contributed by atoms with Crippen molar-refractivity contribution in [2.75, 3.05) is 11.9 Å². The lowest BCUT2D eigenvalue weighted by Gasteiger charge is -2.16. The fourth-order valence-electron chi connectivity index (χ4n) is 1.67. The standard InChI is InChI=1S/C15H17ClN2O/c1-11-3-5-14(6-4-11)19-10-12(2)18-13-7-8-17-15(16)9-13/h3-9,12H,10H2,1-2H3,(H,17,18). The number of halogens is 1. The minimum absolute atomic E-state index is 0.180. The van der Waals surface area contributed by atoms with Crippen LogP contribution in [-0.2, 0) is 0 Å². The normalized spacial score (nSPS) is 11.9. The Hall–Kier alpha value is -1.74. The number of benzene rings is 1. The van der Waals surface area contributed by atoms with Crippen molar-refractivity contribution >= 4 is 17.3 Å². The van der Waals surface area contributed by atoms with Gasteiger partial charge in [-0.15, -0.1) is 0 Å². The van der Waals surface area contributed by atoms with Gasteiger partial charge < -0.3 is 10.1 Å². The number of nitrogens with one attached hydrogen (secondary N) is 1. The number of ether oxygens (including phenoxy) is 1. The molecule has 1 atom stereocenters. The van der Waals surface area contributed by atoms with E-state index in [9.17, 15) is 0 Å². The molecule has 1 unspecified atom stereocenters. The van der Waals surface area contributed by atoms with Crippen LogP contribution < -0.4 is 10.1 Å². The van der Waals surface area contributed by atoms with Crippen LogP contribution in [-0.4, -0.2) is 17.6 Å². The summed E-state index contributed by atoms with van der Waals surface area (Å²) in [4.78, 5) is 3.94. The number of hydrogen-bond acceptors (Lipinski definition) is 3. The zero-order valence-electron chi connectivity index (χ0n) is 11.1. The highest BCUT2D eigenvalue weighted by Gasteiger charge is 2.04. The van der Waals surface area contributed by atoms with Crippen LogP contribution in [0.15, 0.2) is 42.6 Å². The molecule has 1 aromatic carbocycles. The fraction of sp³-hybridized carbons (Fsp3) is 0.267. The van der Waals surface area contributed by atoms with Crippen LogP contribution in [0.4, 0.5) is 5.69 Å². The number of pyridine rings is 1. The molecule has 0 aliphatic rings. The summed E-state index contributed by atoms with van der Waals surface area (Å²) in [6.07, 6.45) is 1.68. The van der Waals surface area contributed by atoms with Gasteiger partial charge in [-0.25, -0.2) is 4.98 Å². The molecule has 2 rings (SSSR count). The highest BCUT2D eigenvalue weighted by Crippen LogP contribution is 2.14. The SMILES string of the molecule is Cc1ccc(OCC(C)Nc2ccnc(Cl)c2)cc1. The maximum Gasteiger partial charge on any atom is 0.131 e. The maximum atomic E-state index is 5.83. The Morgan fingerprint density at radius 2 is 2.00 bits per heavy atom. The van der Waals surface area contributed by atoms with Gasteiger partial charge in [0.15, 0.2) is 0 Å². The van der Waals surface area contributed by atoms with Crippen molar-refractivity contribution < 1.29 is 4.74 Å². The van der Waals surface area contributed by atoms with Gasteiger partial charge in [-0.2, -0.15) is 0 Å². The van der Waals surface area contributed by atoms with Gasteiger partial charge in [0.2, 0.25) is 0 Å². The van der Waals surface area contributed by atoms with E-state index in [0.717, 1.165) is 11.4 Å². The Morgan fingerprint density at radius 3 is 2.68 bits per heavy atom. The molecule has 1 N–H and O–H groups in total. The molecule has 0 aliphatic carbocycles. The molecular weight excluding hydrogens is 260 g/mol. The predicted molar refractivity (Wildman–Crippen MR) is 79.0 cm³/mol. The van der Waals surface area contributed by atoms with Crippen molar-refractivity contribution in [3.05, 3.63) is 53.3 Å². The summed E-state index contributed by atoms with van der Waals surface area (Å²) in [7, 11) is 0. The molecule has 1 heterocycles. The lowest BCUT2D eigenvalue weighted by Crippen LogP contribution is -2.23. The first kappa shape index (κ1) is 13.7. The van der Waals surface area contributed by atoms with Gasteiger partial charge >= 0.3 is 0 Å². The zero-order valence-corrected chi connectivity index (χ0v) is 11.8. The molecule has 100 valence electrons. The van der Waals surface area contributed by atoms with E-state index >= 15 is 0 Å². The smallest absolute Gasteiger partial charge is 0.131 e. The minimum Gasteiger partial charge on any atom is -0.491 e. The Bertz CT molecular complexity index is 528. The van der Waals surface area contributed by atoms with Crippen molar-refractivity contribution in [2.45, 2.75) is 19.9 Å². The molecule has 0 fully saturated rings. The van der Waals surface area contributed by atoms with E-state index in [1.165, 1.54) is 5.56 Å². The topological polar surface area (TPSA) is 34.1 Å². The molecule has 0 aliphatic heterocycles. The summed E-state index contributed by atoms with van der Waals surface area (Å²) in [6, 6.07) is 11.9. The van der Waals surface area contributed by atoms with Gasteiger partial charge in [-0.05, 0) is 38.1 Å². The summed E-state index contributed by atoms with van der Waals surface area (Å²) in [5, 5.41) is 3.80. The van der Waals surface area contributed by atoms with Crippen LogP contribution >= 0.6 is 11.6 Å². The lowest BCUT2D eigenvalue weighted by atomic mass is 10.2. The molecule has 19 heavy (non-hydrogen) atoms. The number of rotatable bonds is 5. The van der Waals surface area contributed by atoms with Crippen LogP contribution in [0, 0.1) is 6.92 Å². The monoisotopic (exact) mass is 276 g/mol. The third kappa shape index (κ3) is 4.45. The Labute approximate surface area is 118 Å². The molecule has 1 aromatic heterocycles. The predicted octanol–water partition coefficient (Wildman–Crippen LogP) is 3.92. The number of aromatic nitrogens is 1. The average molecular weight is 277 g/mol. The number of hydrogen-bond donors (Lipinski definition) is 1. The summed E-state index contributed by atoms with van der Waals surface area (Å²) in [5.41, 5.74) is 2.17. The Kier molecular flexibility index (Phi) is 4.63. The van der Waals surface area contributed by atoms with E-state index in [4.69, 9.17) is 16.3 Å². The van der Waals surface area contributed by atoms with E-state index in [1.54, 1.807) is 12.3 Å². The van der Waals surface area contributed by atoms with E-state index in [2.05, 4.69) is 24.1 Å². The van der Waals surface area contributed by atoms with Crippen molar-refractivity contribution in [1.82, 2.24) is 4.98 Å². The Balaban J connectivity index is 1.84. The van der Waals surface area contributed by atoms with Crippen molar-refractivity contribution in [1.29, 1.82) is 0 Å². The third-order valence-electron chi connectivity index (χ3n) is 2.66. The second-order valence-electron chi connectivity index (χ2n) is 4.54. The van der Waals surface area contributed by atoms with Crippen molar-refractivity contribution in [3.8, 4) is 5.75 Å². The van der Waals surface area contributed by atoms with Gasteiger partial charge in [-0.3, -0.25) is 0 Å². The molecule has 0 saturated carbocycles. The summed E-state index contributed by atoms with van der Waals surface area (Å²) < 4.78 is 5.71. The number of anilines is 1. The molecule has 0 saturated heterocycles. The van der Waals surface area contributed by atoms with Crippen LogP contribution in [0.25, 0.3) is 0 Å². The quantitative estimate of drug-likeness (QED) is 0.841. The first-order chi connectivity index (χ1) is 9.13. The highest BCUT2D eigenvalue weighted by molar-refractivity contribution is 6.29. The van der Waals surface area contributed by atoms with Crippen LogP contribution in [0.2, 0.25) is 5.15 Å². The average Bonchev–Trinajstić information content (AvgIpc) is 2.38. The second-order valence-corrected chi connectivity index (χ2v) is 4.92. The molecule has 0 spiro atoms. The van der Waals surface area contributed by atoms with Gasteiger partial charge in [0, 0.05) is 11.9 Å². The van der Waals surface area contributed by atoms with E-state index in [-0.39, 0.29) is 6.04 Å². The molecule has 3 nitrogen and oxygen atoms in total. The van der Waals surface area contributed by atoms with Crippen LogP contribution in [0.3, 0.4) is 0 Å². The zero-order chi connectivity index (χ0) is 13.7. The molecule has 0 radical (unpaired) electrons. The lowest BCUT2D eigenvalue weighted by molar-refractivity contribution is 0.304. The summed E-state index contributed by atoms with van der Waals surface area (Å²) in [5.74, 6) is 0.881. The van der Waals surface area contributed by atoms with Crippen LogP contribution in [0.5, 0.6) is 5.75 Å². The van der Waals surface area contributed by atoms with Gasteiger partial charge in [0.25, 0.3) is 0 Å². The largest absolute Gasteiger partial charge is 0.491 e. The van der Waals surface area contributed by atoms with Crippen molar-refractivity contribution in [2.24, 2.45) is 0 Å². The number of aryl methyl sites for hydroxylation is 1. The van der Waals surface area contributed by atoms with Gasteiger partial charge in [-0.1, -0.05) is 29.3 Å². The molecule has 4 heteroatoms. The highest BCUT2D eigenvalue weighted by atomic mass is 35.5. The van der Waals surface area contributed by atoms with E-state index < -0.39 is 0 Å². The Morgan fingerprint density at radius 1 is 1.26 bits per heavy atom. The first-order valence-corrected chi connectivity index (χ1v) is 6.59. The molecule has 0 amide bonds. The number of nitrogens with zero attached hydrogens (tertiary/aromatic N) is 1. The third-order valence-corrected chi connectivity index (χ3v) is 2.87. The van der Waals surface area contributed by atoms with Gasteiger partial charge in [0.05, 0.1) is 6.04 Å². The van der Waals surface area contributed by atoms with E-state index in [0.29, 0.717) is 11.8 Å². The minimum atomic E-state index is 0.180. The molecule has 2 aromatic rings. The first-order valence-electron chi connectivity index (χ1n) is 6.21. The summed E-state index contributed by atoms with van der Waals surface area (Å²) >= 11 is 5.83. The fourth-order valence-corrected chi connectivity index (χ4v) is 1.85. The maximum absolute atomic E-state index is 5.83. The molecule has 0 bridgehead atoms. The van der Waals surface area contributed by atoms with Crippen LogP contribution in [0.1, 0.15) is 12.5 Å². The summed E-state index contributed by atoms with van der Waals surface area (Å²) in [6.45, 7) is 4.70. The van der Waals surface area contributed by atoms with Crippen molar-refractivity contribution in [3.63, 3.8) is 0 Å². The second kappa shape index (κ2) is 6.43. The van der Waals surface area contributed by atoms with Gasteiger partial charge in [0.1, 0.15) is 17.5 Å².